The molecule has 1 heterocycles. The molecule has 2 bridgehead atoms. The van der Waals surface area contributed by atoms with Crippen LogP contribution >= 0.6 is 0 Å². The molecule has 4 aliphatic rings. The van der Waals surface area contributed by atoms with Gasteiger partial charge in [0, 0.05) is 6.04 Å². The number of hydrogen-bond donors (Lipinski definition) is 2. The van der Waals surface area contributed by atoms with Gasteiger partial charge in [0.2, 0.25) is 5.91 Å². The molecular formula is C21H33N3O3. The first kappa shape index (κ1) is 18.8. The Kier molecular flexibility index (Phi) is 5.17. The molecule has 4 rings (SSSR count). The molecular weight excluding hydrogens is 342 g/mol. The number of urea groups is 1. The predicted octanol–water partition coefficient (Wildman–Crippen LogP) is 2.96. The Morgan fingerprint density at radius 2 is 1.85 bits per heavy atom. The van der Waals surface area contributed by atoms with Crippen molar-refractivity contribution >= 4 is 17.8 Å². The van der Waals surface area contributed by atoms with E-state index in [2.05, 4.69) is 17.6 Å². The van der Waals surface area contributed by atoms with E-state index in [-0.39, 0.29) is 24.4 Å². The van der Waals surface area contributed by atoms with Gasteiger partial charge < -0.3 is 10.6 Å². The molecule has 0 aromatic heterocycles. The smallest absolute Gasteiger partial charge is 0.325 e. The quantitative estimate of drug-likeness (QED) is 0.742. The summed E-state index contributed by atoms with van der Waals surface area (Å²) in [4.78, 5) is 39.2. The molecule has 2 N–H and O–H groups in total. The Bertz CT molecular complexity index is 612. The Labute approximate surface area is 161 Å². The van der Waals surface area contributed by atoms with Crippen LogP contribution in [0.2, 0.25) is 0 Å². The van der Waals surface area contributed by atoms with Crippen LogP contribution in [0.3, 0.4) is 0 Å². The highest BCUT2D eigenvalue weighted by Gasteiger charge is 2.51. The minimum atomic E-state index is -0.770. The first-order valence-electron chi connectivity index (χ1n) is 10.9. The van der Waals surface area contributed by atoms with E-state index in [9.17, 15) is 14.4 Å². The van der Waals surface area contributed by atoms with E-state index in [0.29, 0.717) is 18.8 Å². The van der Waals surface area contributed by atoms with Crippen LogP contribution in [0.4, 0.5) is 4.79 Å². The van der Waals surface area contributed by atoms with Crippen molar-refractivity contribution in [1.82, 2.24) is 15.5 Å². The summed E-state index contributed by atoms with van der Waals surface area (Å²) in [6.07, 6.45) is 11.8. The highest BCUT2D eigenvalue weighted by atomic mass is 16.2. The average Bonchev–Trinajstić information content (AvgIpc) is 3.29. The second-order valence-corrected chi connectivity index (χ2v) is 9.37. The van der Waals surface area contributed by atoms with Crippen molar-refractivity contribution in [3.05, 3.63) is 0 Å². The molecule has 0 aromatic rings. The number of carbonyl (C=O) groups is 3. The molecule has 6 nitrogen and oxygen atoms in total. The molecule has 0 aromatic carbocycles. The van der Waals surface area contributed by atoms with Gasteiger partial charge in [0.15, 0.2) is 0 Å². The largest absolute Gasteiger partial charge is 0.352 e. The van der Waals surface area contributed by atoms with Gasteiger partial charge >= 0.3 is 6.03 Å². The lowest BCUT2D eigenvalue weighted by Crippen LogP contribution is -2.49. The standard InChI is InChI=1S/C21H33N3O3/c1-14(17-12-15-7-8-16(17)11-15)22-18(25)13-24-19(26)21(23-20(24)27)9-5-3-2-4-6-10-21/h14-17H,2-13H2,1H3,(H,22,25)(H,23,27)/t14-,15-,16-,17+/m0/s1. The van der Waals surface area contributed by atoms with Crippen molar-refractivity contribution in [1.29, 1.82) is 0 Å². The monoisotopic (exact) mass is 375 g/mol. The summed E-state index contributed by atoms with van der Waals surface area (Å²) < 4.78 is 0. The lowest BCUT2D eigenvalue weighted by Gasteiger charge is -2.29. The molecule has 150 valence electrons. The Hall–Kier alpha value is -1.59. The third-order valence-corrected chi connectivity index (χ3v) is 7.58. The fraction of sp³-hybridized carbons (Fsp3) is 0.857. The Morgan fingerprint density at radius 3 is 2.48 bits per heavy atom. The topological polar surface area (TPSA) is 78.5 Å². The van der Waals surface area contributed by atoms with Crippen molar-refractivity contribution in [2.45, 2.75) is 89.1 Å². The maximum Gasteiger partial charge on any atom is 0.325 e. The molecule has 4 fully saturated rings. The third-order valence-electron chi connectivity index (χ3n) is 7.58. The molecule has 1 spiro atoms. The van der Waals surface area contributed by atoms with Gasteiger partial charge in [-0.15, -0.1) is 0 Å². The Morgan fingerprint density at radius 1 is 1.15 bits per heavy atom. The second kappa shape index (κ2) is 7.44. The average molecular weight is 376 g/mol. The number of fused-ring (bicyclic) bond motifs is 2. The fourth-order valence-corrected chi connectivity index (χ4v) is 6.12. The first-order valence-corrected chi connectivity index (χ1v) is 10.9. The first-order chi connectivity index (χ1) is 13.0. The van der Waals surface area contributed by atoms with Crippen molar-refractivity contribution in [3.63, 3.8) is 0 Å². The summed E-state index contributed by atoms with van der Waals surface area (Å²) in [5, 5.41) is 6.01. The van der Waals surface area contributed by atoms with Crippen molar-refractivity contribution in [2.24, 2.45) is 17.8 Å². The van der Waals surface area contributed by atoms with E-state index in [1.54, 1.807) is 0 Å². The number of nitrogens with zero attached hydrogens (tertiary/aromatic N) is 1. The van der Waals surface area contributed by atoms with E-state index in [4.69, 9.17) is 0 Å². The Balaban J connectivity index is 1.35. The minimum absolute atomic E-state index is 0.115. The lowest BCUT2D eigenvalue weighted by molar-refractivity contribution is -0.135. The third kappa shape index (κ3) is 3.59. The van der Waals surface area contributed by atoms with E-state index in [0.717, 1.165) is 42.4 Å². The van der Waals surface area contributed by atoms with Crippen molar-refractivity contribution in [3.8, 4) is 0 Å². The number of carbonyl (C=O) groups excluding carboxylic acids is 3. The number of amides is 4. The van der Waals surface area contributed by atoms with Crippen LogP contribution in [-0.4, -0.2) is 40.9 Å². The fourth-order valence-electron chi connectivity index (χ4n) is 6.12. The molecule has 6 heteroatoms. The van der Waals surface area contributed by atoms with Crippen LogP contribution in [0.15, 0.2) is 0 Å². The van der Waals surface area contributed by atoms with Gasteiger partial charge in [0.05, 0.1) is 0 Å². The van der Waals surface area contributed by atoms with Gasteiger partial charge in [-0.1, -0.05) is 38.5 Å². The zero-order valence-corrected chi connectivity index (χ0v) is 16.5. The van der Waals surface area contributed by atoms with Gasteiger partial charge in [0.1, 0.15) is 12.1 Å². The highest BCUT2D eigenvalue weighted by molar-refractivity contribution is 6.09. The van der Waals surface area contributed by atoms with Crippen LogP contribution in [0.25, 0.3) is 0 Å². The summed E-state index contributed by atoms with van der Waals surface area (Å²) >= 11 is 0. The molecule has 3 aliphatic carbocycles. The number of nitrogens with one attached hydrogen (secondary N) is 2. The molecule has 1 saturated heterocycles. The van der Waals surface area contributed by atoms with Crippen LogP contribution in [-0.2, 0) is 9.59 Å². The zero-order valence-electron chi connectivity index (χ0n) is 16.5. The van der Waals surface area contributed by atoms with E-state index < -0.39 is 11.6 Å². The zero-order chi connectivity index (χ0) is 19.0. The SMILES string of the molecule is C[C@H](NC(=O)CN1C(=O)NC2(CCCCCCC2)C1=O)[C@H]1C[C@H]2CC[C@H]1C2. The molecule has 4 atom stereocenters. The predicted molar refractivity (Wildman–Crippen MR) is 102 cm³/mol. The van der Waals surface area contributed by atoms with Crippen LogP contribution < -0.4 is 10.6 Å². The van der Waals surface area contributed by atoms with Crippen molar-refractivity contribution in [2.75, 3.05) is 6.54 Å². The number of imide groups is 1. The van der Waals surface area contributed by atoms with Gasteiger partial charge in [-0.05, 0) is 56.8 Å². The maximum absolute atomic E-state index is 13.0. The molecule has 4 amide bonds. The van der Waals surface area contributed by atoms with Gasteiger partial charge in [-0.3, -0.25) is 14.5 Å². The van der Waals surface area contributed by atoms with Crippen molar-refractivity contribution < 1.29 is 14.4 Å². The summed E-state index contributed by atoms with van der Waals surface area (Å²) in [5.41, 5.74) is -0.770. The summed E-state index contributed by atoms with van der Waals surface area (Å²) in [5.74, 6) is 1.71. The van der Waals surface area contributed by atoms with Gasteiger partial charge in [-0.25, -0.2) is 4.79 Å². The minimum Gasteiger partial charge on any atom is -0.352 e. The van der Waals surface area contributed by atoms with Gasteiger partial charge in [0.25, 0.3) is 5.91 Å². The van der Waals surface area contributed by atoms with E-state index in [1.165, 1.54) is 32.1 Å². The number of rotatable bonds is 4. The van der Waals surface area contributed by atoms with E-state index in [1.807, 2.05) is 0 Å². The number of hydrogen-bond acceptors (Lipinski definition) is 3. The second-order valence-electron chi connectivity index (χ2n) is 9.37. The van der Waals surface area contributed by atoms with E-state index >= 15 is 0 Å². The molecule has 3 saturated carbocycles. The summed E-state index contributed by atoms with van der Waals surface area (Å²) in [6, 6.07) is -0.285. The molecule has 1 aliphatic heterocycles. The van der Waals surface area contributed by atoms with Gasteiger partial charge in [-0.2, -0.15) is 0 Å². The van der Waals surface area contributed by atoms with Crippen LogP contribution in [0, 0.1) is 17.8 Å². The maximum atomic E-state index is 13.0. The summed E-state index contributed by atoms with van der Waals surface area (Å²) in [7, 11) is 0. The van der Waals surface area contributed by atoms with Crippen LogP contribution in [0.5, 0.6) is 0 Å². The molecule has 0 unspecified atom stereocenters. The lowest BCUT2D eigenvalue weighted by atomic mass is 9.84. The van der Waals surface area contributed by atoms with Crippen LogP contribution in [0.1, 0.15) is 77.6 Å². The highest BCUT2D eigenvalue weighted by Crippen LogP contribution is 2.49. The summed E-state index contributed by atoms with van der Waals surface area (Å²) in [6.45, 7) is 1.92. The normalized spacial score (nSPS) is 33.7. The molecule has 27 heavy (non-hydrogen) atoms. The molecule has 0 radical (unpaired) electrons.